The number of sulfonamides is 1. The van der Waals surface area contributed by atoms with Gasteiger partial charge in [-0.3, -0.25) is 4.79 Å². The van der Waals surface area contributed by atoms with Gasteiger partial charge in [0.1, 0.15) is 0 Å². The zero-order chi connectivity index (χ0) is 21.9. The van der Waals surface area contributed by atoms with Crippen LogP contribution in [0, 0.1) is 5.92 Å². The fraction of sp³-hybridized carbons (Fsp3) is 0.350. The molecule has 162 valence electrons. The molecule has 0 aromatic heterocycles. The lowest BCUT2D eigenvalue weighted by molar-refractivity contribution is -0.274. The van der Waals surface area contributed by atoms with Crippen LogP contribution in [-0.4, -0.2) is 38.1 Å². The number of amides is 1. The van der Waals surface area contributed by atoms with Crippen LogP contribution in [0.1, 0.15) is 30.1 Å². The second-order valence-corrected chi connectivity index (χ2v) is 9.05. The topological polar surface area (TPSA) is 75.7 Å². The number of hydrogen-bond acceptors (Lipinski definition) is 4. The number of nitrogens with zero attached hydrogens (tertiary/aromatic N) is 1. The first-order valence-electron chi connectivity index (χ1n) is 9.32. The van der Waals surface area contributed by atoms with Crippen molar-refractivity contribution in [1.82, 2.24) is 4.31 Å². The smallest absolute Gasteiger partial charge is 0.404 e. The molecular weight excluding hydrogens is 421 g/mol. The monoisotopic (exact) mass is 442 g/mol. The Hall–Kier alpha value is -2.59. The summed E-state index contributed by atoms with van der Waals surface area (Å²) >= 11 is 0. The summed E-state index contributed by atoms with van der Waals surface area (Å²) in [6, 6.07) is 10.4. The highest BCUT2D eigenvalue weighted by Gasteiger charge is 2.32. The number of piperidine rings is 1. The van der Waals surface area contributed by atoms with E-state index in [2.05, 4.69) is 17.0 Å². The Bertz CT molecular complexity index is 999. The molecule has 1 amide bonds. The van der Waals surface area contributed by atoms with Gasteiger partial charge in [0.05, 0.1) is 10.6 Å². The lowest BCUT2D eigenvalue weighted by Gasteiger charge is -2.29. The number of carbonyl (C=O) groups is 1. The highest BCUT2D eigenvalue weighted by atomic mass is 32.2. The van der Waals surface area contributed by atoms with Crippen LogP contribution in [0.2, 0.25) is 0 Å². The number of hydrogen-bond donors (Lipinski definition) is 1. The molecule has 10 heteroatoms. The Morgan fingerprint density at radius 2 is 1.67 bits per heavy atom. The molecule has 2 aromatic carbocycles. The summed E-state index contributed by atoms with van der Waals surface area (Å²) in [4.78, 5) is 12.5. The number of anilines is 1. The largest absolute Gasteiger partial charge is 0.573 e. The van der Waals surface area contributed by atoms with E-state index in [4.69, 9.17) is 0 Å². The number of para-hydroxylation sites is 2. The molecule has 1 aliphatic rings. The van der Waals surface area contributed by atoms with E-state index >= 15 is 0 Å². The van der Waals surface area contributed by atoms with Crippen molar-refractivity contribution in [1.29, 1.82) is 0 Å². The highest BCUT2D eigenvalue weighted by molar-refractivity contribution is 7.89. The van der Waals surface area contributed by atoms with Crippen molar-refractivity contribution >= 4 is 21.6 Å². The molecule has 0 spiro atoms. The molecule has 3 rings (SSSR count). The van der Waals surface area contributed by atoms with Crippen molar-refractivity contribution in [3.63, 3.8) is 0 Å². The molecule has 1 fully saturated rings. The van der Waals surface area contributed by atoms with Gasteiger partial charge in [-0.2, -0.15) is 4.31 Å². The Morgan fingerprint density at radius 3 is 2.27 bits per heavy atom. The van der Waals surface area contributed by atoms with E-state index in [9.17, 15) is 26.4 Å². The van der Waals surface area contributed by atoms with Crippen molar-refractivity contribution in [2.24, 2.45) is 5.92 Å². The minimum absolute atomic E-state index is 0.0643. The normalized spacial score (nSPS) is 16.3. The minimum Gasteiger partial charge on any atom is -0.404 e. The zero-order valence-electron chi connectivity index (χ0n) is 16.1. The number of benzene rings is 2. The maximum atomic E-state index is 12.7. The van der Waals surface area contributed by atoms with Crippen molar-refractivity contribution < 1.29 is 31.1 Å². The summed E-state index contributed by atoms with van der Waals surface area (Å²) in [5.74, 6) is -0.757. The molecular formula is C20H21F3N2O4S. The molecule has 1 aliphatic heterocycles. The van der Waals surface area contributed by atoms with Gasteiger partial charge in [-0.15, -0.1) is 13.2 Å². The maximum absolute atomic E-state index is 12.7. The molecule has 0 aliphatic carbocycles. The molecule has 0 saturated carbocycles. The summed E-state index contributed by atoms with van der Waals surface area (Å²) in [7, 11) is -3.66. The average molecular weight is 442 g/mol. The molecule has 0 atom stereocenters. The molecule has 1 N–H and O–H groups in total. The van der Waals surface area contributed by atoms with E-state index in [0.29, 0.717) is 19.0 Å². The van der Waals surface area contributed by atoms with Gasteiger partial charge in [-0.1, -0.05) is 19.1 Å². The minimum atomic E-state index is -4.90. The van der Waals surface area contributed by atoms with E-state index in [0.717, 1.165) is 18.9 Å². The first-order valence-corrected chi connectivity index (χ1v) is 10.8. The number of rotatable bonds is 5. The molecule has 0 unspecified atom stereocenters. The van der Waals surface area contributed by atoms with Crippen LogP contribution in [-0.2, 0) is 10.0 Å². The molecule has 1 saturated heterocycles. The average Bonchev–Trinajstić information content (AvgIpc) is 2.69. The zero-order valence-corrected chi connectivity index (χ0v) is 17.0. The van der Waals surface area contributed by atoms with Gasteiger partial charge >= 0.3 is 6.36 Å². The van der Waals surface area contributed by atoms with E-state index in [1.165, 1.54) is 46.8 Å². The van der Waals surface area contributed by atoms with Gasteiger partial charge in [0, 0.05) is 18.7 Å². The first kappa shape index (κ1) is 22.1. The van der Waals surface area contributed by atoms with Crippen LogP contribution in [0.25, 0.3) is 0 Å². The Labute approximate surface area is 172 Å². The van der Waals surface area contributed by atoms with Crippen LogP contribution >= 0.6 is 0 Å². The number of nitrogens with one attached hydrogen (secondary N) is 1. The Balaban J connectivity index is 1.73. The van der Waals surface area contributed by atoms with Crippen molar-refractivity contribution in [2.45, 2.75) is 31.0 Å². The molecule has 30 heavy (non-hydrogen) atoms. The fourth-order valence-corrected chi connectivity index (χ4v) is 4.60. The van der Waals surface area contributed by atoms with Gasteiger partial charge in [0.2, 0.25) is 10.0 Å². The van der Waals surface area contributed by atoms with Crippen molar-refractivity contribution in [2.75, 3.05) is 18.4 Å². The van der Waals surface area contributed by atoms with Crippen LogP contribution in [0.5, 0.6) is 5.75 Å². The summed E-state index contributed by atoms with van der Waals surface area (Å²) in [5, 5.41) is 2.35. The lowest BCUT2D eigenvalue weighted by Crippen LogP contribution is -2.37. The van der Waals surface area contributed by atoms with E-state index < -0.39 is 28.0 Å². The summed E-state index contributed by atoms with van der Waals surface area (Å²) in [6.45, 7) is 2.97. The third kappa shape index (κ3) is 5.31. The third-order valence-corrected chi connectivity index (χ3v) is 6.77. The van der Waals surface area contributed by atoms with Crippen LogP contribution in [0.4, 0.5) is 18.9 Å². The summed E-state index contributed by atoms with van der Waals surface area (Å²) in [5.41, 5.74) is -0.0537. The van der Waals surface area contributed by atoms with Gasteiger partial charge < -0.3 is 10.1 Å². The molecule has 1 heterocycles. The van der Waals surface area contributed by atoms with Crippen LogP contribution in [0.3, 0.4) is 0 Å². The number of halogens is 3. The predicted octanol–water partition coefficient (Wildman–Crippen LogP) is 4.26. The van der Waals surface area contributed by atoms with Gasteiger partial charge in [0.15, 0.2) is 5.75 Å². The first-order chi connectivity index (χ1) is 14.1. The third-order valence-electron chi connectivity index (χ3n) is 4.86. The predicted molar refractivity (Wildman–Crippen MR) is 105 cm³/mol. The lowest BCUT2D eigenvalue weighted by atomic mass is 10.0. The molecule has 0 bridgehead atoms. The standard InChI is InChI=1S/C20H21F3N2O4S/c1-14-10-12-25(13-11-14)30(27,28)16-8-6-15(7-9-16)19(26)24-17-4-2-3-5-18(17)29-20(21,22)23/h2-9,14H,10-13H2,1H3,(H,24,26). The van der Waals surface area contributed by atoms with E-state index in [1.807, 2.05) is 0 Å². The van der Waals surface area contributed by atoms with Crippen LogP contribution < -0.4 is 10.1 Å². The van der Waals surface area contributed by atoms with Crippen molar-refractivity contribution in [3.8, 4) is 5.75 Å². The summed E-state index contributed by atoms with van der Waals surface area (Å²) < 4.78 is 68.4. The Morgan fingerprint density at radius 1 is 1.07 bits per heavy atom. The van der Waals surface area contributed by atoms with Gasteiger partial charge in [-0.25, -0.2) is 8.42 Å². The second-order valence-electron chi connectivity index (χ2n) is 7.11. The van der Waals surface area contributed by atoms with Gasteiger partial charge in [-0.05, 0) is 55.2 Å². The quantitative estimate of drug-likeness (QED) is 0.751. The maximum Gasteiger partial charge on any atom is 0.573 e. The molecule has 0 radical (unpaired) electrons. The second kappa shape index (κ2) is 8.65. The van der Waals surface area contributed by atoms with E-state index in [-0.39, 0.29) is 16.1 Å². The SMILES string of the molecule is CC1CCN(S(=O)(=O)c2ccc(C(=O)Nc3ccccc3OC(F)(F)F)cc2)CC1. The van der Waals surface area contributed by atoms with E-state index in [1.54, 1.807) is 0 Å². The van der Waals surface area contributed by atoms with Crippen molar-refractivity contribution in [3.05, 3.63) is 54.1 Å². The summed E-state index contributed by atoms with van der Waals surface area (Å²) in [6.07, 6.45) is -3.32. The van der Waals surface area contributed by atoms with Crippen LogP contribution in [0.15, 0.2) is 53.4 Å². The molecule has 6 nitrogen and oxygen atoms in total. The molecule has 2 aromatic rings. The Kier molecular flexibility index (Phi) is 6.37. The highest BCUT2D eigenvalue weighted by Crippen LogP contribution is 2.30. The van der Waals surface area contributed by atoms with Gasteiger partial charge in [0.25, 0.3) is 5.91 Å². The number of alkyl halides is 3. The fourth-order valence-electron chi connectivity index (χ4n) is 3.13. The number of ether oxygens (including phenoxy) is 1. The number of carbonyl (C=O) groups excluding carboxylic acids is 1.